The van der Waals surface area contributed by atoms with Gasteiger partial charge in [0.2, 0.25) is 5.91 Å². The number of amides is 2. The minimum atomic E-state index is -1.07. The maximum atomic E-state index is 12.8. The number of para-hydroxylation sites is 2. The van der Waals surface area contributed by atoms with E-state index in [0.717, 1.165) is 11.8 Å². The molecule has 1 atom stereocenters. The summed E-state index contributed by atoms with van der Waals surface area (Å²) in [6.45, 7) is 1.47. The number of nitrogens with one attached hydrogen (secondary N) is 2. The smallest absolute Gasteiger partial charge is 0.340 e. The summed E-state index contributed by atoms with van der Waals surface area (Å²) in [4.78, 5) is 38.2. The van der Waals surface area contributed by atoms with Crippen LogP contribution >= 0.6 is 11.8 Å². The first-order valence-electron chi connectivity index (χ1n) is 10.6. The van der Waals surface area contributed by atoms with Crippen LogP contribution in [-0.2, 0) is 14.3 Å². The zero-order chi connectivity index (χ0) is 25.2. The van der Waals surface area contributed by atoms with E-state index in [4.69, 9.17) is 14.7 Å². The quantitative estimate of drug-likeness (QED) is 0.336. The molecule has 0 aliphatic rings. The average molecular weight is 490 g/mol. The number of anilines is 2. The Morgan fingerprint density at radius 3 is 2.51 bits per heavy atom. The van der Waals surface area contributed by atoms with Crippen molar-refractivity contribution in [2.45, 2.75) is 17.9 Å². The van der Waals surface area contributed by atoms with Crippen molar-refractivity contribution in [2.24, 2.45) is 0 Å². The van der Waals surface area contributed by atoms with E-state index in [1.165, 1.54) is 14.0 Å². The first-order chi connectivity index (χ1) is 16.9. The summed E-state index contributed by atoms with van der Waals surface area (Å²) < 4.78 is 10.6. The van der Waals surface area contributed by atoms with Crippen LogP contribution in [0.25, 0.3) is 0 Å². The Balaban J connectivity index is 1.60. The van der Waals surface area contributed by atoms with Crippen molar-refractivity contribution >= 4 is 40.9 Å². The molecule has 178 valence electrons. The lowest BCUT2D eigenvalue weighted by molar-refractivity contribution is -0.123. The Labute approximate surface area is 207 Å². The summed E-state index contributed by atoms with van der Waals surface area (Å²) in [6, 6.07) is 22.2. The van der Waals surface area contributed by atoms with Gasteiger partial charge in [0, 0.05) is 10.6 Å². The molecule has 0 radical (unpaired) electrons. The normalized spacial score (nSPS) is 11.0. The molecule has 0 aliphatic heterocycles. The van der Waals surface area contributed by atoms with Crippen LogP contribution in [-0.4, -0.2) is 36.8 Å². The maximum Gasteiger partial charge on any atom is 0.340 e. The molecule has 0 bridgehead atoms. The van der Waals surface area contributed by atoms with Crippen LogP contribution in [0.1, 0.15) is 22.8 Å². The Hall–Kier alpha value is -4.29. The predicted molar refractivity (Wildman–Crippen MR) is 133 cm³/mol. The number of rotatable bonds is 9. The number of nitrogens with zero attached hydrogens (tertiary/aromatic N) is 1. The lowest BCUT2D eigenvalue weighted by Gasteiger charge is -2.16. The number of carbonyl (C=O) groups is 3. The van der Waals surface area contributed by atoms with Gasteiger partial charge in [-0.3, -0.25) is 9.59 Å². The van der Waals surface area contributed by atoms with Crippen molar-refractivity contribution in [3.8, 4) is 11.8 Å². The molecule has 0 aliphatic carbocycles. The van der Waals surface area contributed by atoms with E-state index >= 15 is 0 Å². The number of benzene rings is 3. The lowest BCUT2D eigenvalue weighted by Crippen LogP contribution is -2.30. The minimum absolute atomic E-state index is 0.0327. The van der Waals surface area contributed by atoms with Crippen molar-refractivity contribution in [3.05, 3.63) is 83.9 Å². The third-order valence-electron chi connectivity index (χ3n) is 4.76. The number of thioether (sulfide) groups is 1. The van der Waals surface area contributed by atoms with Gasteiger partial charge in [0.25, 0.3) is 5.91 Å². The summed E-state index contributed by atoms with van der Waals surface area (Å²) >= 11 is 1.16. The van der Waals surface area contributed by atoms with Gasteiger partial charge in [0.05, 0.1) is 35.7 Å². The third kappa shape index (κ3) is 7.09. The standard InChI is InChI=1S/C26H23N3O5S/c1-17(25(31)29-21-11-4-5-12-22(21)33-2)34-26(32)20-10-3-6-13-23(20)35-16-24(30)28-19-9-7-8-18(14-19)15-27/h3-14,17H,16H2,1-2H3,(H,28,30)(H,29,31)/t17-/m0/s1. The van der Waals surface area contributed by atoms with Crippen molar-refractivity contribution < 1.29 is 23.9 Å². The van der Waals surface area contributed by atoms with Gasteiger partial charge >= 0.3 is 5.97 Å². The van der Waals surface area contributed by atoms with Gasteiger partial charge in [-0.15, -0.1) is 11.8 Å². The fourth-order valence-corrected chi connectivity index (χ4v) is 3.87. The molecule has 9 heteroatoms. The second-order valence-electron chi connectivity index (χ2n) is 7.26. The molecule has 2 N–H and O–H groups in total. The molecule has 0 spiro atoms. The number of hydrogen-bond acceptors (Lipinski definition) is 7. The second-order valence-corrected chi connectivity index (χ2v) is 8.28. The van der Waals surface area contributed by atoms with E-state index < -0.39 is 18.0 Å². The van der Waals surface area contributed by atoms with E-state index in [1.807, 2.05) is 6.07 Å². The molecule has 0 heterocycles. The topological polar surface area (TPSA) is 118 Å². The predicted octanol–water partition coefficient (Wildman–Crippen LogP) is 4.48. The fourth-order valence-electron chi connectivity index (χ4n) is 3.03. The molecule has 3 aromatic carbocycles. The van der Waals surface area contributed by atoms with Crippen LogP contribution in [0.5, 0.6) is 5.75 Å². The van der Waals surface area contributed by atoms with Crippen molar-refractivity contribution in [1.29, 1.82) is 5.26 Å². The number of nitriles is 1. The van der Waals surface area contributed by atoms with Gasteiger partial charge in [-0.25, -0.2) is 4.79 Å². The minimum Gasteiger partial charge on any atom is -0.495 e. The molecule has 2 amide bonds. The number of carbonyl (C=O) groups excluding carboxylic acids is 3. The Morgan fingerprint density at radius 2 is 1.74 bits per heavy atom. The first kappa shape index (κ1) is 25.3. The Bertz CT molecular complexity index is 1270. The summed E-state index contributed by atoms with van der Waals surface area (Å²) in [7, 11) is 1.49. The van der Waals surface area contributed by atoms with Crippen molar-refractivity contribution in [1.82, 2.24) is 0 Å². The monoisotopic (exact) mass is 489 g/mol. The summed E-state index contributed by atoms with van der Waals surface area (Å²) in [6.07, 6.45) is -1.07. The molecular formula is C26H23N3O5S. The number of ether oxygens (including phenoxy) is 2. The van der Waals surface area contributed by atoms with Gasteiger partial charge in [-0.05, 0) is 49.4 Å². The fraction of sp³-hybridized carbons (Fsp3) is 0.154. The highest BCUT2D eigenvalue weighted by Gasteiger charge is 2.22. The molecule has 3 rings (SSSR count). The highest BCUT2D eigenvalue weighted by Crippen LogP contribution is 2.25. The molecule has 0 aromatic heterocycles. The highest BCUT2D eigenvalue weighted by molar-refractivity contribution is 8.00. The summed E-state index contributed by atoms with van der Waals surface area (Å²) in [5, 5.41) is 14.4. The van der Waals surface area contributed by atoms with Gasteiger partial charge in [-0.1, -0.05) is 30.3 Å². The number of esters is 1. The molecule has 0 saturated carbocycles. The largest absolute Gasteiger partial charge is 0.495 e. The van der Waals surface area contributed by atoms with Crippen molar-refractivity contribution in [2.75, 3.05) is 23.5 Å². The SMILES string of the molecule is COc1ccccc1NC(=O)[C@H](C)OC(=O)c1ccccc1SCC(=O)Nc1cccc(C#N)c1. The maximum absolute atomic E-state index is 12.8. The third-order valence-corrected chi connectivity index (χ3v) is 5.83. The van der Waals surface area contributed by atoms with E-state index in [1.54, 1.807) is 72.8 Å². The van der Waals surface area contributed by atoms with Gasteiger partial charge in [0.1, 0.15) is 5.75 Å². The van der Waals surface area contributed by atoms with Crippen LogP contribution in [0.15, 0.2) is 77.7 Å². The molecular weight excluding hydrogens is 466 g/mol. The molecule has 3 aromatic rings. The zero-order valence-corrected chi connectivity index (χ0v) is 19.9. The van der Waals surface area contributed by atoms with Gasteiger partial charge in [0.15, 0.2) is 6.10 Å². The molecule has 8 nitrogen and oxygen atoms in total. The van der Waals surface area contributed by atoms with E-state index in [0.29, 0.717) is 27.6 Å². The first-order valence-corrected chi connectivity index (χ1v) is 11.6. The summed E-state index contributed by atoms with van der Waals surface area (Å²) in [5.74, 6) is -0.966. The number of hydrogen-bond donors (Lipinski definition) is 2. The molecule has 35 heavy (non-hydrogen) atoms. The van der Waals surface area contributed by atoms with Crippen LogP contribution in [0.2, 0.25) is 0 Å². The summed E-state index contributed by atoms with van der Waals surface area (Å²) in [5.41, 5.74) is 1.66. The van der Waals surface area contributed by atoms with Crippen LogP contribution in [0.4, 0.5) is 11.4 Å². The zero-order valence-electron chi connectivity index (χ0n) is 19.1. The number of methoxy groups -OCH3 is 1. The highest BCUT2D eigenvalue weighted by atomic mass is 32.2. The van der Waals surface area contributed by atoms with E-state index in [9.17, 15) is 14.4 Å². The molecule has 0 fully saturated rings. The molecule has 0 unspecified atom stereocenters. The van der Waals surface area contributed by atoms with Crippen LogP contribution < -0.4 is 15.4 Å². The van der Waals surface area contributed by atoms with Gasteiger partial charge < -0.3 is 20.1 Å². The van der Waals surface area contributed by atoms with Gasteiger partial charge in [-0.2, -0.15) is 5.26 Å². The Morgan fingerprint density at radius 1 is 1.00 bits per heavy atom. The molecule has 0 saturated heterocycles. The van der Waals surface area contributed by atoms with E-state index in [2.05, 4.69) is 10.6 Å². The van der Waals surface area contributed by atoms with Crippen LogP contribution in [0.3, 0.4) is 0 Å². The van der Waals surface area contributed by atoms with Crippen LogP contribution in [0, 0.1) is 11.3 Å². The lowest BCUT2D eigenvalue weighted by atomic mass is 10.2. The van der Waals surface area contributed by atoms with E-state index in [-0.39, 0.29) is 17.2 Å². The Kier molecular flexibility index (Phi) is 8.87. The second kappa shape index (κ2) is 12.3. The van der Waals surface area contributed by atoms with Crippen molar-refractivity contribution in [3.63, 3.8) is 0 Å². The average Bonchev–Trinajstić information content (AvgIpc) is 2.88.